The molecule has 6 heteroatoms. The molecule has 0 bridgehead atoms. The molecule has 322 valence electrons. The molecular weight excluding hydrogens is 665 g/mol. The third-order valence-electron chi connectivity index (χ3n) is 13.0. The first kappa shape index (κ1) is 52.9. The van der Waals surface area contributed by atoms with Gasteiger partial charge in [-0.15, -0.1) is 0 Å². The van der Waals surface area contributed by atoms with Gasteiger partial charge >= 0.3 is 0 Å². The molecule has 0 atom stereocenters. The van der Waals surface area contributed by atoms with E-state index in [-0.39, 0.29) is 11.8 Å². The Morgan fingerprint density at radius 2 is 0.556 bits per heavy atom. The summed E-state index contributed by atoms with van der Waals surface area (Å²) in [6.45, 7) is 25.2. The van der Waals surface area contributed by atoms with E-state index in [1.807, 2.05) is 0 Å². The highest BCUT2D eigenvalue weighted by molar-refractivity contribution is 5.76. The van der Waals surface area contributed by atoms with E-state index in [0.717, 1.165) is 38.8 Å². The van der Waals surface area contributed by atoms with Gasteiger partial charge in [0.05, 0.1) is 52.4 Å². The van der Waals surface area contributed by atoms with E-state index in [9.17, 15) is 9.59 Å². The van der Waals surface area contributed by atoms with E-state index in [1.54, 1.807) is 0 Å². The molecule has 0 saturated carbocycles. The summed E-state index contributed by atoms with van der Waals surface area (Å²) in [5.74, 6) is 0.510. The summed E-state index contributed by atoms with van der Waals surface area (Å²) in [6.07, 6.45) is 37.9. The van der Waals surface area contributed by atoms with E-state index < -0.39 is 0 Å². The number of carbonyl (C=O) groups excluding carboxylic acids is 2. The lowest BCUT2D eigenvalue weighted by molar-refractivity contribution is -0.925. The molecule has 0 unspecified atom stereocenters. The minimum Gasteiger partial charge on any atom is -0.356 e. The number of unbranched alkanes of at least 4 members (excludes halogenated alkanes) is 23. The Bertz CT molecular complexity index is 745. The van der Waals surface area contributed by atoms with Gasteiger partial charge in [0.15, 0.2) is 0 Å². The number of rotatable bonds is 43. The second-order valence-corrected chi connectivity index (χ2v) is 17.2. The quantitative estimate of drug-likeness (QED) is 0.0480. The number of quaternary nitrogens is 2. The van der Waals surface area contributed by atoms with Crippen LogP contribution in [0.2, 0.25) is 0 Å². The van der Waals surface area contributed by atoms with Crippen molar-refractivity contribution in [1.82, 2.24) is 10.6 Å². The molecule has 0 aromatic carbocycles. The third kappa shape index (κ3) is 31.0. The maximum absolute atomic E-state index is 12.4. The summed E-state index contributed by atoms with van der Waals surface area (Å²) >= 11 is 0. The Kier molecular flexibility index (Phi) is 37.9. The number of nitrogens with one attached hydrogen (secondary N) is 2. The first-order valence-corrected chi connectivity index (χ1v) is 24.6. The summed E-state index contributed by atoms with van der Waals surface area (Å²) in [6, 6.07) is 0. The highest BCUT2D eigenvalue weighted by Gasteiger charge is 2.24. The van der Waals surface area contributed by atoms with E-state index in [1.165, 1.54) is 215 Å². The van der Waals surface area contributed by atoms with Gasteiger partial charge in [-0.25, -0.2) is 0 Å². The van der Waals surface area contributed by atoms with Crippen molar-refractivity contribution < 1.29 is 18.6 Å². The van der Waals surface area contributed by atoms with Crippen LogP contribution in [0.5, 0.6) is 0 Å². The lowest BCUT2D eigenvalue weighted by atomic mass is 10.1. The number of hydrogen-bond donors (Lipinski definition) is 2. The van der Waals surface area contributed by atoms with Crippen molar-refractivity contribution in [3.8, 4) is 0 Å². The van der Waals surface area contributed by atoms with E-state index in [4.69, 9.17) is 0 Å². The van der Waals surface area contributed by atoms with Gasteiger partial charge < -0.3 is 19.6 Å². The summed E-state index contributed by atoms with van der Waals surface area (Å²) in [7, 11) is 0. The fraction of sp³-hybridized carbons (Fsp3) is 0.958. The van der Waals surface area contributed by atoms with Crippen LogP contribution in [-0.2, 0) is 9.59 Å². The average molecular weight is 765 g/mol. The van der Waals surface area contributed by atoms with Crippen molar-refractivity contribution in [1.29, 1.82) is 0 Å². The molecule has 0 saturated heterocycles. The predicted octanol–water partition coefficient (Wildman–Crippen LogP) is 12.7. The maximum Gasteiger partial charge on any atom is 0.219 e. The molecule has 0 aromatic heterocycles. The van der Waals surface area contributed by atoms with Crippen LogP contribution in [0.25, 0.3) is 0 Å². The minimum atomic E-state index is 0.255. The monoisotopic (exact) mass is 765 g/mol. The van der Waals surface area contributed by atoms with Crippen LogP contribution < -0.4 is 10.6 Å². The summed E-state index contributed by atoms with van der Waals surface area (Å²) in [5.41, 5.74) is 0. The molecular formula is C48H100N4O2+2. The summed E-state index contributed by atoms with van der Waals surface area (Å²) in [4.78, 5) is 24.8. The molecule has 54 heavy (non-hydrogen) atoms. The van der Waals surface area contributed by atoms with E-state index in [2.05, 4.69) is 52.2 Å². The topological polar surface area (TPSA) is 58.2 Å². The molecule has 0 radical (unpaired) electrons. The molecule has 0 rings (SSSR count). The SMILES string of the molecule is CCCCCCCCCCCCCC(=O)NCCC[N+](CC)(CC)CCCCCC[N+](CC)(CC)CCCNC(=O)CCCCCCCCCCCCC. The Balaban J connectivity index is 4.03. The van der Waals surface area contributed by atoms with Crippen molar-refractivity contribution in [2.24, 2.45) is 0 Å². The zero-order chi connectivity index (χ0) is 39.9. The number of hydrogen-bond acceptors (Lipinski definition) is 2. The maximum atomic E-state index is 12.4. The Labute approximate surface area is 339 Å². The largest absolute Gasteiger partial charge is 0.356 e. The van der Waals surface area contributed by atoms with Crippen LogP contribution >= 0.6 is 0 Å². The molecule has 2 amide bonds. The Morgan fingerprint density at radius 3 is 0.833 bits per heavy atom. The van der Waals surface area contributed by atoms with Crippen LogP contribution in [-0.4, -0.2) is 86.2 Å². The van der Waals surface area contributed by atoms with Gasteiger partial charge in [0.2, 0.25) is 11.8 Å². The van der Waals surface area contributed by atoms with Crippen LogP contribution in [0.1, 0.15) is 234 Å². The summed E-state index contributed by atoms with van der Waals surface area (Å²) in [5, 5.41) is 6.45. The molecule has 0 aliphatic carbocycles. The minimum absolute atomic E-state index is 0.255. The predicted molar refractivity (Wildman–Crippen MR) is 238 cm³/mol. The van der Waals surface area contributed by atoms with Crippen LogP contribution in [0.3, 0.4) is 0 Å². The van der Waals surface area contributed by atoms with Gasteiger partial charge in [0, 0.05) is 38.8 Å². The van der Waals surface area contributed by atoms with Crippen LogP contribution in [0, 0.1) is 0 Å². The second kappa shape index (κ2) is 38.7. The van der Waals surface area contributed by atoms with Crippen molar-refractivity contribution in [2.45, 2.75) is 234 Å². The van der Waals surface area contributed by atoms with Crippen molar-refractivity contribution >= 4 is 11.8 Å². The average Bonchev–Trinajstić information content (AvgIpc) is 3.19. The lowest BCUT2D eigenvalue weighted by Gasteiger charge is -2.38. The summed E-state index contributed by atoms with van der Waals surface area (Å²) < 4.78 is 2.37. The smallest absolute Gasteiger partial charge is 0.219 e. The Morgan fingerprint density at radius 1 is 0.315 bits per heavy atom. The van der Waals surface area contributed by atoms with Crippen molar-refractivity contribution in [2.75, 3.05) is 65.4 Å². The standard InChI is InChI=1S/C48H98N4O2/c1-7-13-15-17-19-21-23-25-27-29-33-39-47(53)49-41-37-45-51(9-3,10-4)43-35-31-32-36-44-52(11-5,12-6)46-38-42-50-48(54)40-34-30-28-26-24-22-20-18-16-14-8-2/h7-46H2,1-6H3/p+2. The van der Waals surface area contributed by atoms with Gasteiger partial charge in [0.25, 0.3) is 0 Å². The molecule has 0 aliphatic heterocycles. The molecule has 0 spiro atoms. The normalized spacial score (nSPS) is 12.0. The van der Waals surface area contributed by atoms with Crippen molar-refractivity contribution in [3.05, 3.63) is 0 Å². The molecule has 0 aliphatic rings. The highest BCUT2D eigenvalue weighted by atomic mass is 16.2. The molecule has 0 aromatic rings. The van der Waals surface area contributed by atoms with E-state index in [0.29, 0.717) is 12.8 Å². The fourth-order valence-electron chi connectivity index (χ4n) is 8.54. The van der Waals surface area contributed by atoms with E-state index >= 15 is 0 Å². The van der Waals surface area contributed by atoms with Crippen LogP contribution in [0.15, 0.2) is 0 Å². The first-order valence-electron chi connectivity index (χ1n) is 24.6. The Hall–Kier alpha value is -1.14. The van der Waals surface area contributed by atoms with Gasteiger partial charge in [-0.3, -0.25) is 9.59 Å². The fourth-order valence-corrected chi connectivity index (χ4v) is 8.54. The lowest BCUT2D eigenvalue weighted by Crippen LogP contribution is -2.50. The number of amides is 2. The van der Waals surface area contributed by atoms with Gasteiger partial charge in [-0.05, 0) is 66.2 Å². The van der Waals surface area contributed by atoms with Crippen molar-refractivity contribution in [3.63, 3.8) is 0 Å². The van der Waals surface area contributed by atoms with Gasteiger partial charge in [-0.2, -0.15) is 0 Å². The zero-order valence-electron chi connectivity index (χ0n) is 38.0. The molecule has 0 fully saturated rings. The molecule has 0 heterocycles. The first-order chi connectivity index (χ1) is 26.4. The highest BCUT2D eigenvalue weighted by Crippen LogP contribution is 2.16. The van der Waals surface area contributed by atoms with Gasteiger partial charge in [0.1, 0.15) is 0 Å². The van der Waals surface area contributed by atoms with Gasteiger partial charge in [-0.1, -0.05) is 142 Å². The molecule has 6 nitrogen and oxygen atoms in total. The third-order valence-corrected chi connectivity index (χ3v) is 13.0. The number of nitrogens with zero attached hydrogens (tertiary/aromatic N) is 2. The zero-order valence-corrected chi connectivity index (χ0v) is 38.0. The van der Waals surface area contributed by atoms with Crippen LogP contribution in [0.4, 0.5) is 0 Å². The molecule has 2 N–H and O–H groups in total. The number of carbonyl (C=O) groups is 2. The second-order valence-electron chi connectivity index (χ2n) is 17.2.